The minimum absolute atomic E-state index is 0.465. The number of anilines is 1. The van der Waals surface area contributed by atoms with Gasteiger partial charge in [0, 0.05) is 11.4 Å². The number of Topliss-reactive ketones (excluding diaryl/α,β-unsaturated/α-hetero) is 1. The predicted octanol–water partition coefficient (Wildman–Crippen LogP) is 1.99. The van der Waals surface area contributed by atoms with E-state index in [4.69, 9.17) is 4.74 Å². The number of rotatable bonds is 3. The topological polar surface area (TPSA) is 55.4 Å². The van der Waals surface area contributed by atoms with Gasteiger partial charge in [-0.3, -0.25) is 9.59 Å². The molecule has 1 rings (SSSR count). The van der Waals surface area contributed by atoms with E-state index >= 15 is 0 Å². The molecule has 1 amide bonds. The molecule has 0 aliphatic rings. The highest BCUT2D eigenvalue weighted by Gasteiger charge is 2.11. The second kappa shape index (κ2) is 4.93. The molecule has 0 heterocycles. The molecular weight excluding hydrogens is 262 g/mol. The van der Waals surface area contributed by atoms with E-state index in [-0.39, 0.29) is 0 Å². The molecule has 0 spiro atoms. The Labute approximate surface area is 95.7 Å². The number of carbonyl (C=O) groups excluding carboxylic acids is 2. The van der Waals surface area contributed by atoms with Gasteiger partial charge in [-0.25, -0.2) is 0 Å². The fraction of sp³-hybridized carbons (Fsp3) is 0.200. The van der Waals surface area contributed by atoms with Crippen LogP contribution in [0.1, 0.15) is 6.92 Å². The minimum Gasteiger partial charge on any atom is -0.495 e. The van der Waals surface area contributed by atoms with Gasteiger partial charge in [-0.2, -0.15) is 0 Å². The number of benzene rings is 1. The number of hydrogen-bond donors (Lipinski definition) is 1. The van der Waals surface area contributed by atoms with E-state index in [1.807, 2.05) is 0 Å². The van der Waals surface area contributed by atoms with Gasteiger partial charge in [-0.05, 0) is 18.2 Å². The lowest BCUT2D eigenvalue weighted by atomic mass is 10.3. The molecule has 0 aliphatic heterocycles. The summed E-state index contributed by atoms with van der Waals surface area (Å²) in [5.74, 6) is -0.698. The molecule has 5 heteroatoms. The fourth-order valence-corrected chi connectivity index (χ4v) is 1.35. The zero-order valence-electron chi connectivity index (χ0n) is 8.33. The molecule has 0 aromatic heterocycles. The van der Waals surface area contributed by atoms with Crippen LogP contribution in [0.15, 0.2) is 22.7 Å². The maximum absolute atomic E-state index is 11.2. The lowest BCUT2D eigenvalue weighted by molar-refractivity contribution is -0.133. The van der Waals surface area contributed by atoms with Gasteiger partial charge in [0.15, 0.2) is 0 Å². The number of methoxy groups -OCH3 is 1. The number of hydrogen-bond acceptors (Lipinski definition) is 3. The molecule has 80 valence electrons. The Hall–Kier alpha value is -1.36. The van der Waals surface area contributed by atoms with Crippen molar-refractivity contribution in [3.63, 3.8) is 0 Å². The molecule has 0 unspecified atom stereocenters. The fourth-order valence-electron chi connectivity index (χ4n) is 0.988. The van der Waals surface area contributed by atoms with Gasteiger partial charge < -0.3 is 10.1 Å². The van der Waals surface area contributed by atoms with Crippen LogP contribution in [0.2, 0.25) is 0 Å². The van der Waals surface area contributed by atoms with Crippen LogP contribution in [0, 0.1) is 0 Å². The zero-order valence-corrected chi connectivity index (χ0v) is 9.92. The Bertz CT molecular complexity index is 404. The van der Waals surface area contributed by atoms with Gasteiger partial charge in [0.1, 0.15) is 5.75 Å². The Balaban J connectivity index is 2.97. The summed E-state index contributed by atoms with van der Waals surface area (Å²) in [6, 6.07) is 5.14. The van der Waals surface area contributed by atoms with Crippen LogP contribution >= 0.6 is 15.9 Å². The predicted molar refractivity (Wildman–Crippen MR) is 60.0 cm³/mol. The standard InChI is InChI=1S/C10H10BrNO3/c1-6(13)10(14)12-8-5-7(11)3-4-9(8)15-2/h3-5H,1-2H3,(H,12,14). The lowest BCUT2D eigenvalue weighted by Crippen LogP contribution is -2.20. The van der Waals surface area contributed by atoms with E-state index in [1.54, 1.807) is 18.2 Å². The first-order valence-electron chi connectivity index (χ1n) is 4.20. The van der Waals surface area contributed by atoms with E-state index in [0.29, 0.717) is 11.4 Å². The second-order valence-electron chi connectivity index (χ2n) is 2.85. The van der Waals surface area contributed by atoms with E-state index < -0.39 is 11.7 Å². The van der Waals surface area contributed by atoms with Crippen LogP contribution in [0.4, 0.5) is 5.69 Å². The van der Waals surface area contributed by atoms with Crippen molar-refractivity contribution in [1.29, 1.82) is 0 Å². The molecule has 1 N–H and O–H groups in total. The Morgan fingerprint density at radius 3 is 2.60 bits per heavy atom. The highest BCUT2D eigenvalue weighted by molar-refractivity contribution is 9.10. The summed E-state index contributed by atoms with van der Waals surface area (Å²) >= 11 is 3.26. The smallest absolute Gasteiger partial charge is 0.291 e. The highest BCUT2D eigenvalue weighted by Crippen LogP contribution is 2.27. The van der Waals surface area contributed by atoms with Gasteiger partial charge in [-0.1, -0.05) is 15.9 Å². The van der Waals surface area contributed by atoms with Crippen LogP contribution in [0.25, 0.3) is 0 Å². The molecule has 0 bridgehead atoms. The Kier molecular flexibility index (Phi) is 3.85. The van der Waals surface area contributed by atoms with Crippen LogP contribution in [0.5, 0.6) is 5.75 Å². The van der Waals surface area contributed by atoms with Crippen LogP contribution in [-0.4, -0.2) is 18.8 Å². The SMILES string of the molecule is COc1ccc(Br)cc1NC(=O)C(C)=O. The largest absolute Gasteiger partial charge is 0.495 e. The molecular formula is C10H10BrNO3. The van der Waals surface area contributed by atoms with Crippen molar-refractivity contribution in [3.05, 3.63) is 22.7 Å². The third kappa shape index (κ3) is 3.06. The molecule has 0 saturated carbocycles. The lowest BCUT2D eigenvalue weighted by Gasteiger charge is -2.09. The van der Waals surface area contributed by atoms with Gasteiger partial charge in [0.25, 0.3) is 5.91 Å². The summed E-state index contributed by atoms with van der Waals surface area (Å²) < 4.78 is 5.83. The average molecular weight is 272 g/mol. The van der Waals surface area contributed by atoms with Crippen molar-refractivity contribution in [3.8, 4) is 5.75 Å². The monoisotopic (exact) mass is 271 g/mol. The maximum atomic E-state index is 11.2. The first-order valence-corrected chi connectivity index (χ1v) is 4.99. The Morgan fingerprint density at radius 2 is 2.07 bits per heavy atom. The van der Waals surface area contributed by atoms with Gasteiger partial charge in [-0.15, -0.1) is 0 Å². The first kappa shape index (κ1) is 11.7. The van der Waals surface area contributed by atoms with E-state index in [9.17, 15) is 9.59 Å². The third-order valence-corrected chi connectivity index (χ3v) is 2.22. The van der Waals surface area contributed by atoms with Crippen molar-refractivity contribution in [2.45, 2.75) is 6.92 Å². The number of halogens is 1. The van der Waals surface area contributed by atoms with Crippen molar-refractivity contribution >= 4 is 33.3 Å². The number of carbonyl (C=O) groups is 2. The molecule has 15 heavy (non-hydrogen) atoms. The summed E-state index contributed by atoms with van der Waals surface area (Å²) in [7, 11) is 1.49. The van der Waals surface area contributed by atoms with Gasteiger partial charge in [0.2, 0.25) is 5.78 Å². The maximum Gasteiger partial charge on any atom is 0.291 e. The number of ketones is 1. The van der Waals surface area contributed by atoms with Crippen LogP contribution in [-0.2, 0) is 9.59 Å². The third-order valence-electron chi connectivity index (χ3n) is 1.73. The second-order valence-corrected chi connectivity index (χ2v) is 3.77. The van der Waals surface area contributed by atoms with Crippen molar-refractivity contribution in [2.24, 2.45) is 0 Å². The molecule has 4 nitrogen and oxygen atoms in total. The first-order chi connectivity index (χ1) is 7.04. The van der Waals surface area contributed by atoms with Gasteiger partial charge in [0.05, 0.1) is 12.8 Å². The molecule has 0 saturated heterocycles. The number of nitrogens with one attached hydrogen (secondary N) is 1. The van der Waals surface area contributed by atoms with Crippen molar-refractivity contribution in [2.75, 3.05) is 12.4 Å². The normalized spacial score (nSPS) is 9.53. The van der Waals surface area contributed by atoms with E-state index in [1.165, 1.54) is 14.0 Å². The zero-order chi connectivity index (χ0) is 11.4. The molecule has 0 radical (unpaired) electrons. The summed E-state index contributed by atoms with van der Waals surface area (Å²) in [5.41, 5.74) is 0.465. The Morgan fingerprint density at radius 1 is 1.40 bits per heavy atom. The summed E-state index contributed by atoms with van der Waals surface area (Å²) in [6.07, 6.45) is 0. The summed E-state index contributed by atoms with van der Waals surface area (Å²) in [6.45, 7) is 1.21. The molecule has 0 aliphatic carbocycles. The molecule has 1 aromatic rings. The summed E-state index contributed by atoms with van der Waals surface area (Å²) in [4.78, 5) is 21.9. The van der Waals surface area contributed by atoms with Crippen LogP contribution in [0.3, 0.4) is 0 Å². The minimum atomic E-state index is -0.661. The summed E-state index contributed by atoms with van der Waals surface area (Å²) in [5, 5.41) is 2.46. The molecule has 1 aromatic carbocycles. The van der Waals surface area contributed by atoms with E-state index in [2.05, 4.69) is 21.2 Å². The highest BCUT2D eigenvalue weighted by atomic mass is 79.9. The number of amides is 1. The van der Waals surface area contributed by atoms with Crippen molar-refractivity contribution in [1.82, 2.24) is 0 Å². The van der Waals surface area contributed by atoms with Gasteiger partial charge >= 0.3 is 0 Å². The number of ether oxygens (including phenoxy) is 1. The van der Waals surface area contributed by atoms with Crippen molar-refractivity contribution < 1.29 is 14.3 Å². The molecule has 0 fully saturated rings. The van der Waals surface area contributed by atoms with Crippen LogP contribution < -0.4 is 10.1 Å². The molecule has 0 atom stereocenters. The quantitative estimate of drug-likeness (QED) is 0.856. The van der Waals surface area contributed by atoms with E-state index in [0.717, 1.165) is 4.47 Å². The average Bonchev–Trinajstić information content (AvgIpc) is 2.18.